The average molecular weight is 324 g/mol. The second-order valence-electron chi connectivity index (χ2n) is 4.38. The zero-order chi connectivity index (χ0) is 15.4. The smallest absolute Gasteiger partial charge is 0.274 e. The van der Waals surface area contributed by atoms with Gasteiger partial charge in [-0.2, -0.15) is 5.10 Å². The molecule has 2 rings (SSSR count). The number of rotatable bonds is 5. The van der Waals surface area contributed by atoms with E-state index < -0.39 is 0 Å². The van der Waals surface area contributed by atoms with E-state index in [-0.39, 0.29) is 5.91 Å². The van der Waals surface area contributed by atoms with E-state index in [1.807, 2.05) is 6.92 Å². The summed E-state index contributed by atoms with van der Waals surface area (Å²) in [5.74, 6) is -0.129. The molecule has 0 fully saturated rings. The molecule has 0 atom stereocenters. The Morgan fingerprint density at radius 1 is 1.38 bits per heavy atom. The number of carbonyl (C=O) groups excluding carboxylic acids is 1. The van der Waals surface area contributed by atoms with Crippen molar-refractivity contribution in [3.8, 4) is 5.69 Å². The number of hydrogen-bond donors (Lipinski definition) is 0. The van der Waals surface area contributed by atoms with E-state index in [9.17, 15) is 4.79 Å². The predicted octanol–water partition coefficient (Wildman–Crippen LogP) is 3.83. The van der Waals surface area contributed by atoms with Crippen LogP contribution in [0.1, 0.15) is 17.4 Å². The topological polar surface area (TPSA) is 38.1 Å². The Bertz CT molecular complexity index is 667. The quantitative estimate of drug-likeness (QED) is 0.784. The molecule has 0 saturated carbocycles. The van der Waals surface area contributed by atoms with Crippen LogP contribution < -0.4 is 0 Å². The number of nitrogens with zero attached hydrogens (tertiary/aromatic N) is 3. The van der Waals surface area contributed by atoms with E-state index in [1.165, 1.54) is 0 Å². The van der Waals surface area contributed by atoms with Gasteiger partial charge in [-0.15, -0.1) is 6.58 Å². The zero-order valence-electron chi connectivity index (χ0n) is 11.6. The van der Waals surface area contributed by atoms with Crippen LogP contribution in [0.25, 0.3) is 5.69 Å². The third-order valence-corrected chi connectivity index (χ3v) is 3.73. The van der Waals surface area contributed by atoms with Crippen LogP contribution in [0.15, 0.2) is 43.1 Å². The molecule has 110 valence electrons. The predicted molar refractivity (Wildman–Crippen MR) is 85.4 cm³/mol. The summed E-state index contributed by atoms with van der Waals surface area (Å²) in [6.07, 6.45) is 3.41. The van der Waals surface area contributed by atoms with E-state index in [0.29, 0.717) is 28.8 Å². The Morgan fingerprint density at radius 2 is 2.14 bits per heavy atom. The van der Waals surface area contributed by atoms with Gasteiger partial charge in [0.05, 0.1) is 15.7 Å². The van der Waals surface area contributed by atoms with Crippen LogP contribution in [0, 0.1) is 0 Å². The van der Waals surface area contributed by atoms with E-state index in [4.69, 9.17) is 23.2 Å². The number of halogens is 2. The van der Waals surface area contributed by atoms with Gasteiger partial charge in [0.1, 0.15) is 0 Å². The fraction of sp³-hybridized carbons (Fsp3) is 0.200. The van der Waals surface area contributed by atoms with E-state index in [1.54, 1.807) is 46.1 Å². The molecule has 1 amide bonds. The van der Waals surface area contributed by atoms with Gasteiger partial charge in [0.25, 0.3) is 5.91 Å². The molecular formula is C15H15Cl2N3O. The molecule has 0 aliphatic rings. The molecule has 1 heterocycles. The first-order chi connectivity index (χ1) is 10.1. The first kappa shape index (κ1) is 15.6. The van der Waals surface area contributed by atoms with Crippen molar-refractivity contribution in [2.75, 3.05) is 13.1 Å². The van der Waals surface area contributed by atoms with Gasteiger partial charge in [-0.1, -0.05) is 29.3 Å². The Morgan fingerprint density at radius 3 is 2.76 bits per heavy atom. The van der Waals surface area contributed by atoms with Crippen molar-refractivity contribution in [1.29, 1.82) is 0 Å². The first-order valence-electron chi connectivity index (χ1n) is 6.48. The first-order valence-corrected chi connectivity index (χ1v) is 7.23. The summed E-state index contributed by atoms with van der Waals surface area (Å²) < 4.78 is 1.59. The maximum atomic E-state index is 12.3. The van der Waals surface area contributed by atoms with Crippen LogP contribution in [0.2, 0.25) is 10.0 Å². The van der Waals surface area contributed by atoms with Crippen LogP contribution in [0.3, 0.4) is 0 Å². The highest BCUT2D eigenvalue weighted by Gasteiger charge is 2.16. The number of benzene rings is 1. The molecule has 0 spiro atoms. The molecule has 0 aliphatic heterocycles. The summed E-state index contributed by atoms with van der Waals surface area (Å²) in [6.45, 7) is 6.66. The van der Waals surface area contributed by atoms with Crippen molar-refractivity contribution in [2.45, 2.75) is 6.92 Å². The van der Waals surface area contributed by atoms with Gasteiger partial charge >= 0.3 is 0 Å². The molecule has 0 saturated heterocycles. The van der Waals surface area contributed by atoms with Crippen molar-refractivity contribution in [3.05, 3.63) is 58.9 Å². The lowest BCUT2D eigenvalue weighted by Crippen LogP contribution is -2.31. The molecule has 21 heavy (non-hydrogen) atoms. The Kier molecular flexibility index (Phi) is 5.04. The lowest BCUT2D eigenvalue weighted by molar-refractivity contribution is 0.0776. The zero-order valence-corrected chi connectivity index (χ0v) is 13.1. The number of aromatic nitrogens is 2. The monoisotopic (exact) mass is 323 g/mol. The minimum atomic E-state index is -0.129. The van der Waals surface area contributed by atoms with Crippen LogP contribution >= 0.6 is 23.2 Å². The average Bonchev–Trinajstić information content (AvgIpc) is 2.96. The standard InChI is InChI=1S/C15H15Cl2N3O/c1-3-8-19(4-2)15(21)14-7-9-20(18-14)11-5-6-12(16)13(17)10-11/h3,5-7,9-10H,1,4,8H2,2H3. The van der Waals surface area contributed by atoms with Crippen LogP contribution in [-0.2, 0) is 0 Å². The largest absolute Gasteiger partial charge is 0.334 e. The Labute approximate surface area is 133 Å². The summed E-state index contributed by atoms with van der Waals surface area (Å²) >= 11 is 11.9. The van der Waals surface area contributed by atoms with Gasteiger partial charge in [-0.05, 0) is 31.2 Å². The molecule has 0 unspecified atom stereocenters. The highest BCUT2D eigenvalue weighted by molar-refractivity contribution is 6.42. The molecular weight excluding hydrogens is 309 g/mol. The molecule has 1 aromatic heterocycles. The van der Waals surface area contributed by atoms with Gasteiger partial charge in [0, 0.05) is 19.3 Å². The normalized spacial score (nSPS) is 10.4. The molecule has 0 N–H and O–H groups in total. The third-order valence-electron chi connectivity index (χ3n) is 2.99. The maximum Gasteiger partial charge on any atom is 0.274 e. The highest BCUT2D eigenvalue weighted by atomic mass is 35.5. The summed E-state index contributed by atoms with van der Waals surface area (Å²) in [5.41, 5.74) is 1.12. The highest BCUT2D eigenvalue weighted by Crippen LogP contribution is 2.24. The maximum absolute atomic E-state index is 12.3. The van der Waals surface area contributed by atoms with Crippen molar-refractivity contribution in [1.82, 2.24) is 14.7 Å². The lowest BCUT2D eigenvalue weighted by Gasteiger charge is -2.17. The van der Waals surface area contributed by atoms with Crippen LogP contribution in [-0.4, -0.2) is 33.7 Å². The number of carbonyl (C=O) groups is 1. The van der Waals surface area contributed by atoms with Gasteiger partial charge in [-0.25, -0.2) is 4.68 Å². The fourth-order valence-electron chi connectivity index (χ4n) is 1.88. The van der Waals surface area contributed by atoms with E-state index in [2.05, 4.69) is 11.7 Å². The van der Waals surface area contributed by atoms with Crippen molar-refractivity contribution < 1.29 is 4.79 Å². The molecule has 6 heteroatoms. The molecule has 0 aliphatic carbocycles. The van der Waals surface area contributed by atoms with Crippen molar-refractivity contribution >= 4 is 29.1 Å². The second kappa shape index (κ2) is 6.78. The molecule has 4 nitrogen and oxygen atoms in total. The summed E-state index contributed by atoms with van der Waals surface area (Å²) in [4.78, 5) is 13.9. The number of amides is 1. The van der Waals surface area contributed by atoms with Crippen molar-refractivity contribution in [3.63, 3.8) is 0 Å². The minimum absolute atomic E-state index is 0.129. The van der Waals surface area contributed by atoms with Gasteiger partial charge in [-0.3, -0.25) is 4.79 Å². The lowest BCUT2D eigenvalue weighted by atomic mass is 10.3. The number of likely N-dealkylation sites (N-methyl/N-ethyl adjacent to an activating group) is 1. The molecule has 2 aromatic rings. The summed E-state index contributed by atoms with van der Waals surface area (Å²) in [6, 6.07) is 6.86. The van der Waals surface area contributed by atoms with Crippen molar-refractivity contribution in [2.24, 2.45) is 0 Å². The summed E-state index contributed by atoms with van der Waals surface area (Å²) in [5, 5.41) is 5.21. The minimum Gasteiger partial charge on any atom is -0.334 e. The van der Waals surface area contributed by atoms with Gasteiger partial charge < -0.3 is 4.90 Å². The van der Waals surface area contributed by atoms with Crippen LogP contribution in [0.5, 0.6) is 0 Å². The number of hydrogen-bond acceptors (Lipinski definition) is 2. The van der Waals surface area contributed by atoms with E-state index in [0.717, 1.165) is 5.69 Å². The summed E-state index contributed by atoms with van der Waals surface area (Å²) in [7, 11) is 0. The fourth-order valence-corrected chi connectivity index (χ4v) is 2.18. The van der Waals surface area contributed by atoms with Gasteiger partial charge in [0.15, 0.2) is 5.69 Å². The molecule has 0 bridgehead atoms. The van der Waals surface area contributed by atoms with Crippen LogP contribution in [0.4, 0.5) is 0 Å². The molecule has 0 radical (unpaired) electrons. The second-order valence-corrected chi connectivity index (χ2v) is 5.19. The Balaban J connectivity index is 2.26. The van der Waals surface area contributed by atoms with E-state index >= 15 is 0 Å². The SMILES string of the molecule is C=CCN(CC)C(=O)c1ccn(-c2ccc(Cl)c(Cl)c2)n1. The third kappa shape index (κ3) is 3.46. The Hall–Kier alpha value is -1.78. The van der Waals surface area contributed by atoms with Gasteiger partial charge in [0.2, 0.25) is 0 Å². The molecule has 1 aromatic carbocycles.